The standard InChI is InChI=1S/C68H104O12/c1-13-17-21-25-77-37-57-61(69)49-33-50(62(57)70)46(30-42(7)8)52-35-54(66(74)59(64(52)72)39-79-27-23-19-15-3)48(32-44(11)12)56-36-55(67(75)60(68(56)76)40-80-28-24-20-16-4)47(31-43(9)10)53-34-51(45(49)29-41(5)6)63(71)58(65(53)73)38-78-26-22-18-14-2/h33-36,41-48,69-76H,13-32,37-40H2,1-12H3. The summed E-state index contributed by atoms with van der Waals surface area (Å²) < 4.78 is 25.2. The van der Waals surface area contributed by atoms with E-state index in [0.717, 1.165) is 77.0 Å². The molecule has 0 radical (unpaired) electrons. The topological polar surface area (TPSA) is 199 Å². The minimum Gasteiger partial charge on any atom is -0.507 e. The lowest BCUT2D eigenvalue weighted by Gasteiger charge is -2.33. The lowest BCUT2D eigenvalue weighted by atomic mass is 9.73. The number of aromatic hydroxyl groups is 8. The van der Waals surface area contributed by atoms with Crippen LogP contribution < -0.4 is 0 Å². The molecule has 4 aromatic rings. The Balaban J connectivity index is 2.11. The van der Waals surface area contributed by atoms with Crippen LogP contribution in [0, 0.1) is 23.7 Å². The van der Waals surface area contributed by atoms with Crippen LogP contribution in [-0.4, -0.2) is 67.3 Å². The molecule has 0 spiro atoms. The van der Waals surface area contributed by atoms with Gasteiger partial charge in [0.15, 0.2) is 0 Å². The maximum Gasteiger partial charge on any atom is 0.128 e. The Morgan fingerprint density at radius 1 is 0.287 bits per heavy atom. The fourth-order valence-corrected chi connectivity index (χ4v) is 11.8. The van der Waals surface area contributed by atoms with Crippen molar-refractivity contribution in [1.82, 2.24) is 0 Å². The van der Waals surface area contributed by atoms with Gasteiger partial charge >= 0.3 is 0 Å². The van der Waals surface area contributed by atoms with E-state index in [1.165, 1.54) is 0 Å². The molecule has 0 aromatic heterocycles. The molecule has 0 saturated heterocycles. The van der Waals surface area contributed by atoms with Gasteiger partial charge in [-0.25, -0.2) is 0 Å². The molecule has 8 N–H and O–H groups in total. The number of fused-ring (bicyclic) bond motifs is 8. The van der Waals surface area contributed by atoms with Crippen LogP contribution in [0.3, 0.4) is 0 Å². The molecule has 4 aromatic carbocycles. The van der Waals surface area contributed by atoms with Gasteiger partial charge in [0.2, 0.25) is 0 Å². The quantitative estimate of drug-likeness (QED) is 0.0216. The number of unbranched alkanes of at least 4 members (excludes halogenated alkanes) is 8. The second-order valence-corrected chi connectivity index (χ2v) is 24.7. The number of ether oxygens (including phenoxy) is 4. The van der Waals surface area contributed by atoms with E-state index in [4.69, 9.17) is 18.9 Å². The second-order valence-electron chi connectivity index (χ2n) is 24.7. The molecule has 80 heavy (non-hydrogen) atoms. The summed E-state index contributed by atoms with van der Waals surface area (Å²) in [5.41, 5.74) is 4.12. The Labute approximate surface area is 480 Å². The summed E-state index contributed by atoms with van der Waals surface area (Å²) in [6.07, 6.45) is 12.5. The van der Waals surface area contributed by atoms with Gasteiger partial charge in [0.05, 0.1) is 48.7 Å². The first-order valence-electron chi connectivity index (χ1n) is 30.8. The van der Waals surface area contributed by atoms with Crippen LogP contribution in [0.25, 0.3) is 0 Å². The minimum atomic E-state index is -0.749. The summed E-state index contributed by atoms with van der Waals surface area (Å²) in [6.45, 7) is 26.1. The van der Waals surface area contributed by atoms with Gasteiger partial charge in [-0.05, 0) is 99.3 Å². The average Bonchev–Trinajstić information content (AvgIpc) is 3.39. The van der Waals surface area contributed by atoms with Gasteiger partial charge in [-0.3, -0.25) is 0 Å². The smallest absolute Gasteiger partial charge is 0.128 e. The normalized spacial score (nSPS) is 16.5. The molecular weight excluding hydrogens is 1010 g/mol. The van der Waals surface area contributed by atoms with Crippen molar-refractivity contribution in [1.29, 1.82) is 0 Å². The van der Waals surface area contributed by atoms with Crippen LogP contribution in [0.1, 0.15) is 276 Å². The largest absolute Gasteiger partial charge is 0.507 e. The third kappa shape index (κ3) is 16.7. The molecule has 0 atom stereocenters. The highest BCUT2D eigenvalue weighted by Gasteiger charge is 2.38. The van der Waals surface area contributed by atoms with Crippen LogP contribution in [-0.2, 0) is 45.4 Å². The molecule has 0 fully saturated rings. The maximum absolute atomic E-state index is 12.9. The van der Waals surface area contributed by atoms with E-state index >= 15 is 0 Å². The zero-order valence-corrected chi connectivity index (χ0v) is 51.1. The van der Waals surface area contributed by atoms with Crippen molar-refractivity contribution in [3.63, 3.8) is 0 Å². The monoisotopic (exact) mass is 1110 g/mol. The third-order valence-corrected chi connectivity index (χ3v) is 16.1. The van der Waals surface area contributed by atoms with Crippen molar-refractivity contribution in [3.05, 3.63) is 91.0 Å². The highest BCUT2D eigenvalue weighted by atomic mass is 16.5. The Bertz CT molecular complexity index is 2100. The molecule has 0 heterocycles. The number of phenolic OH excluding ortho intramolecular Hbond substituents is 8. The van der Waals surface area contributed by atoms with Gasteiger partial charge in [0.1, 0.15) is 46.0 Å². The van der Waals surface area contributed by atoms with Crippen LogP contribution in [0.2, 0.25) is 0 Å². The second kappa shape index (κ2) is 32.1. The summed E-state index contributed by atoms with van der Waals surface area (Å²) in [5, 5.41) is 103. The van der Waals surface area contributed by atoms with Gasteiger partial charge in [0, 0.05) is 94.6 Å². The van der Waals surface area contributed by atoms with E-state index in [-0.39, 0.29) is 118 Å². The summed E-state index contributed by atoms with van der Waals surface area (Å²) in [4.78, 5) is 0. The van der Waals surface area contributed by atoms with Crippen LogP contribution in [0.4, 0.5) is 0 Å². The molecule has 1 aliphatic rings. The summed E-state index contributed by atoms with van der Waals surface area (Å²) >= 11 is 0. The Hall–Kier alpha value is -4.88. The first kappa shape index (κ1) is 65.9. The number of rotatable bonds is 32. The van der Waals surface area contributed by atoms with Crippen molar-refractivity contribution < 1.29 is 59.8 Å². The first-order chi connectivity index (χ1) is 38.2. The van der Waals surface area contributed by atoms with Crippen molar-refractivity contribution in [2.75, 3.05) is 26.4 Å². The van der Waals surface area contributed by atoms with E-state index < -0.39 is 23.7 Å². The molecule has 448 valence electrons. The third-order valence-electron chi connectivity index (χ3n) is 16.1. The van der Waals surface area contributed by atoms with E-state index in [1.807, 2.05) is 24.3 Å². The molecule has 1 aliphatic carbocycles. The summed E-state index contributed by atoms with van der Waals surface area (Å²) in [5.74, 6) is -4.48. The van der Waals surface area contributed by atoms with Gasteiger partial charge in [-0.15, -0.1) is 0 Å². The van der Waals surface area contributed by atoms with Crippen molar-refractivity contribution >= 4 is 0 Å². The highest BCUT2D eigenvalue weighted by Crippen LogP contribution is 2.56. The Kier molecular flexibility index (Phi) is 26.4. The fraction of sp³-hybridized carbons (Fsp3) is 0.647. The average molecular weight is 1110 g/mol. The molecule has 0 unspecified atom stereocenters. The predicted molar refractivity (Wildman–Crippen MR) is 321 cm³/mol. The minimum absolute atomic E-state index is 0.00984. The van der Waals surface area contributed by atoms with E-state index in [0.29, 0.717) is 96.6 Å². The Morgan fingerprint density at radius 3 is 0.588 bits per heavy atom. The van der Waals surface area contributed by atoms with Crippen molar-refractivity contribution in [2.45, 2.75) is 236 Å². The highest BCUT2D eigenvalue weighted by molar-refractivity contribution is 5.67. The number of hydrogen-bond acceptors (Lipinski definition) is 12. The molecule has 0 saturated carbocycles. The van der Waals surface area contributed by atoms with E-state index in [2.05, 4.69) is 83.1 Å². The number of hydrogen-bond donors (Lipinski definition) is 8. The SMILES string of the molecule is CCCCCOCc1c(O)c2cc(c1O)C(CC(C)C)c1cc(c(O)c(COCCCCC)c1O)C(CC(C)C)c1cc(c(O)c(COCCCCC)c1O)C(CC(C)C)c1cc(c(O)c(COCCCCC)c1O)C2CC(C)C. The van der Waals surface area contributed by atoms with Crippen LogP contribution in [0.5, 0.6) is 46.0 Å². The molecular formula is C68H104O12. The van der Waals surface area contributed by atoms with Crippen LogP contribution in [0.15, 0.2) is 24.3 Å². The summed E-state index contributed by atoms with van der Waals surface area (Å²) in [7, 11) is 0. The van der Waals surface area contributed by atoms with Crippen molar-refractivity contribution in [3.8, 4) is 46.0 Å². The molecule has 0 amide bonds. The molecule has 0 aliphatic heterocycles. The van der Waals surface area contributed by atoms with Gasteiger partial charge in [-0.1, -0.05) is 134 Å². The number of phenols is 8. The maximum atomic E-state index is 12.9. The van der Waals surface area contributed by atoms with E-state index in [1.54, 1.807) is 0 Å². The lowest BCUT2D eigenvalue weighted by Crippen LogP contribution is -2.16. The number of benzene rings is 4. The lowest BCUT2D eigenvalue weighted by molar-refractivity contribution is 0.113. The van der Waals surface area contributed by atoms with Gasteiger partial charge < -0.3 is 59.8 Å². The molecule has 12 heteroatoms. The molecule has 5 rings (SSSR count). The van der Waals surface area contributed by atoms with Crippen LogP contribution >= 0.6 is 0 Å². The summed E-state index contributed by atoms with van der Waals surface area (Å²) in [6, 6.07) is 7.28. The first-order valence-corrected chi connectivity index (χ1v) is 30.8. The van der Waals surface area contributed by atoms with Gasteiger partial charge in [-0.2, -0.15) is 0 Å². The van der Waals surface area contributed by atoms with Crippen molar-refractivity contribution in [2.24, 2.45) is 23.7 Å². The molecule has 12 nitrogen and oxygen atoms in total. The molecule has 8 bridgehead atoms. The predicted octanol–water partition coefficient (Wildman–Crippen LogP) is 17.2. The fourth-order valence-electron chi connectivity index (χ4n) is 11.8. The van der Waals surface area contributed by atoms with Gasteiger partial charge in [0.25, 0.3) is 0 Å². The Morgan fingerprint density at radius 2 is 0.450 bits per heavy atom. The van der Waals surface area contributed by atoms with E-state index in [9.17, 15) is 40.9 Å². The zero-order chi connectivity index (χ0) is 58.8. The zero-order valence-electron chi connectivity index (χ0n) is 51.1.